The van der Waals surface area contributed by atoms with Gasteiger partial charge in [-0.05, 0) is 18.3 Å². The van der Waals surface area contributed by atoms with Crippen LogP contribution in [0.2, 0.25) is 0 Å². The molecular formula is C12H19N5O. The van der Waals surface area contributed by atoms with Gasteiger partial charge in [-0.15, -0.1) is 0 Å². The Morgan fingerprint density at radius 2 is 2.33 bits per heavy atom. The van der Waals surface area contributed by atoms with E-state index >= 15 is 0 Å². The number of nitrogens with two attached hydrogens (primary N) is 1. The summed E-state index contributed by atoms with van der Waals surface area (Å²) in [5, 5.41) is 0. The Bertz CT molecular complexity index is 434. The van der Waals surface area contributed by atoms with Crippen LogP contribution in [0.5, 0.6) is 0 Å². The normalized spacial score (nSPS) is 19.3. The fraction of sp³-hybridized carbons (Fsp3) is 0.583. The molecule has 1 unspecified atom stereocenters. The monoisotopic (exact) mass is 249 g/mol. The molecule has 1 aliphatic heterocycles. The quantitative estimate of drug-likeness (QED) is 0.613. The van der Waals surface area contributed by atoms with Crippen molar-refractivity contribution in [3.8, 4) is 0 Å². The van der Waals surface area contributed by atoms with E-state index in [0.29, 0.717) is 23.3 Å². The van der Waals surface area contributed by atoms with Gasteiger partial charge in [-0.2, -0.15) is 0 Å². The summed E-state index contributed by atoms with van der Waals surface area (Å²) in [6.07, 6.45) is 4.02. The van der Waals surface area contributed by atoms with Crippen molar-refractivity contribution in [2.24, 2.45) is 17.7 Å². The zero-order valence-corrected chi connectivity index (χ0v) is 10.8. The van der Waals surface area contributed by atoms with Gasteiger partial charge < -0.3 is 10.3 Å². The summed E-state index contributed by atoms with van der Waals surface area (Å²) in [5.74, 6) is 6.78. The lowest BCUT2D eigenvalue weighted by Gasteiger charge is -2.17. The summed E-state index contributed by atoms with van der Waals surface area (Å²) in [4.78, 5) is 22.1. The molecule has 0 radical (unpaired) electrons. The average Bonchev–Trinajstić information content (AvgIpc) is 2.87. The highest BCUT2D eigenvalue weighted by molar-refractivity contribution is 5.92. The molecule has 0 saturated carbocycles. The maximum atomic E-state index is 12.2. The first-order chi connectivity index (χ1) is 8.61. The van der Waals surface area contributed by atoms with Crippen LogP contribution in [0.3, 0.4) is 0 Å². The number of carbonyl (C=O) groups is 1. The van der Waals surface area contributed by atoms with Crippen molar-refractivity contribution in [3.63, 3.8) is 0 Å². The molecular weight excluding hydrogens is 230 g/mol. The first kappa shape index (κ1) is 12.8. The van der Waals surface area contributed by atoms with Crippen LogP contribution in [0.15, 0.2) is 12.4 Å². The van der Waals surface area contributed by atoms with Gasteiger partial charge in [0.15, 0.2) is 5.82 Å². The third-order valence-electron chi connectivity index (χ3n) is 3.46. The molecule has 0 bridgehead atoms. The lowest BCUT2D eigenvalue weighted by atomic mass is 9.95. The Morgan fingerprint density at radius 3 is 2.94 bits per heavy atom. The van der Waals surface area contributed by atoms with E-state index in [1.807, 2.05) is 4.90 Å². The first-order valence-corrected chi connectivity index (χ1v) is 6.19. The standard InChI is InChI=1S/C12H19N5O/c1-8(2)9-3-4-17(7-9)12(18)10-5-14-6-11(15-10)16-13/h5-6,8-9H,3-4,7,13H2,1-2H3,(H,15,16). The van der Waals surface area contributed by atoms with Crippen LogP contribution in [0.4, 0.5) is 5.82 Å². The summed E-state index contributed by atoms with van der Waals surface area (Å²) >= 11 is 0. The molecule has 3 N–H and O–H groups in total. The highest BCUT2D eigenvalue weighted by Gasteiger charge is 2.29. The molecule has 1 aliphatic rings. The van der Waals surface area contributed by atoms with Crippen LogP contribution in [-0.2, 0) is 0 Å². The Kier molecular flexibility index (Phi) is 3.76. The Balaban J connectivity index is 2.08. The van der Waals surface area contributed by atoms with E-state index in [2.05, 4.69) is 29.2 Å². The summed E-state index contributed by atoms with van der Waals surface area (Å²) < 4.78 is 0. The van der Waals surface area contributed by atoms with Gasteiger partial charge in [0.2, 0.25) is 0 Å². The zero-order valence-electron chi connectivity index (χ0n) is 10.8. The van der Waals surface area contributed by atoms with E-state index in [4.69, 9.17) is 5.84 Å². The summed E-state index contributed by atoms with van der Waals surface area (Å²) in [7, 11) is 0. The van der Waals surface area contributed by atoms with Crippen molar-refractivity contribution in [1.82, 2.24) is 14.9 Å². The molecule has 0 aromatic carbocycles. The van der Waals surface area contributed by atoms with Gasteiger partial charge in [0.25, 0.3) is 5.91 Å². The molecule has 1 saturated heterocycles. The van der Waals surface area contributed by atoms with Crippen LogP contribution in [0.1, 0.15) is 30.8 Å². The number of aromatic nitrogens is 2. The molecule has 0 aliphatic carbocycles. The molecule has 18 heavy (non-hydrogen) atoms. The molecule has 1 amide bonds. The molecule has 1 atom stereocenters. The molecule has 6 heteroatoms. The topological polar surface area (TPSA) is 84.1 Å². The Hall–Kier alpha value is -1.69. The lowest BCUT2D eigenvalue weighted by Crippen LogP contribution is -2.30. The summed E-state index contributed by atoms with van der Waals surface area (Å²) in [6, 6.07) is 0. The van der Waals surface area contributed by atoms with E-state index < -0.39 is 0 Å². The van der Waals surface area contributed by atoms with Crippen LogP contribution < -0.4 is 11.3 Å². The highest BCUT2D eigenvalue weighted by atomic mass is 16.2. The van der Waals surface area contributed by atoms with E-state index in [9.17, 15) is 4.79 Å². The average molecular weight is 249 g/mol. The van der Waals surface area contributed by atoms with E-state index in [0.717, 1.165) is 19.5 Å². The predicted octanol–water partition coefficient (Wildman–Crippen LogP) is 0.880. The second-order valence-electron chi connectivity index (χ2n) is 4.98. The lowest BCUT2D eigenvalue weighted by molar-refractivity contribution is 0.0778. The van der Waals surface area contributed by atoms with Crippen molar-refractivity contribution >= 4 is 11.7 Å². The summed E-state index contributed by atoms with van der Waals surface area (Å²) in [6.45, 7) is 5.98. The van der Waals surface area contributed by atoms with E-state index in [1.165, 1.54) is 12.4 Å². The molecule has 0 spiro atoms. The zero-order chi connectivity index (χ0) is 13.1. The van der Waals surface area contributed by atoms with Crippen molar-refractivity contribution in [2.75, 3.05) is 18.5 Å². The molecule has 2 rings (SSSR count). The minimum atomic E-state index is -0.0669. The second kappa shape index (κ2) is 5.30. The van der Waals surface area contributed by atoms with Crippen molar-refractivity contribution < 1.29 is 4.79 Å². The van der Waals surface area contributed by atoms with Crippen molar-refractivity contribution in [2.45, 2.75) is 20.3 Å². The molecule has 1 aromatic heterocycles. The number of nitrogens with one attached hydrogen (secondary N) is 1. The van der Waals surface area contributed by atoms with Crippen LogP contribution in [0.25, 0.3) is 0 Å². The maximum absolute atomic E-state index is 12.2. The third-order valence-corrected chi connectivity index (χ3v) is 3.46. The minimum absolute atomic E-state index is 0.0669. The summed E-state index contributed by atoms with van der Waals surface area (Å²) in [5.41, 5.74) is 2.74. The SMILES string of the molecule is CC(C)C1CCN(C(=O)c2cncc(NN)n2)C1. The predicted molar refractivity (Wildman–Crippen MR) is 68.7 cm³/mol. The van der Waals surface area contributed by atoms with Gasteiger partial charge in [0, 0.05) is 13.1 Å². The number of amides is 1. The number of nitrogens with zero attached hydrogens (tertiary/aromatic N) is 3. The number of hydrogen-bond donors (Lipinski definition) is 2. The number of carbonyl (C=O) groups excluding carboxylic acids is 1. The Labute approximate surface area is 107 Å². The van der Waals surface area contributed by atoms with Crippen LogP contribution >= 0.6 is 0 Å². The van der Waals surface area contributed by atoms with Crippen molar-refractivity contribution in [3.05, 3.63) is 18.1 Å². The fourth-order valence-corrected chi connectivity index (χ4v) is 2.22. The maximum Gasteiger partial charge on any atom is 0.274 e. The van der Waals surface area contributed by atoms with Gasteiger partial charge in [-0.1, -0.05) is 13.8 Å². The number of anilines is 1. The number of hydrogen-bond acceptors (Lipinski definition) is 5. The van der Waals surface area contributed by atoms with Gasteiger partial charge >= 0.3 is 0 Å². The van der Waals surface area contributed by atoms with Crippen LogP contribution in [0, 0.1) is 11.8 Å². The number of hydrazine groups is 1. The molecule has 6 nitrogen and oxygen atoms in total. The number of nitrogen functional groups attached to an aromatic ring is 1. The largest absolute Gasteiger partial charge is 0.337 e. The molecule has 98 valence electrons. The highest BCUT2D eigenvalue weighted by Crippen LogP contribution is 2.24. The van der Waals surface area contributed by atoms with E-state index in [1.54, 1.807) is 0 Å². The Morgan fingerprint density at radius 1 is 1.56 bits per heavy atom. The third kappa shape index (κ3) is 2.59. The molecule has 1 fully saturated rings. The van der Waals surface area contributed by atoms with Gasteiger partial charge in [0.1, 0.15) is 5.69 Å². The smallest absolute Gasteiger partial charge is 0.274 e. The van der Waals surface area contributed by atoms with Crippen LogP contribution in [-0.4, -0.2) is 33.9 Å². The number of rotatable bonds is 3. The molecule has 1 aromatic rings. The van der Waals surface area contributed by atoms with Gasteiger partial charge in [0.05, 0.1) is 12.4 Å². The fourth-order valence-electron chi connectivity index (χ4n) is 2.22. The number of likely N-dealkylation sites (tertiary alicyclic amines) is 1. The molecule has 2 heterocycles. The minimum Gasteiger partial charge on any atom is -0.337 e. The van der Waals surface area contributed by atoms with Gasteiger partial charge in [-0.25, -0.2) is 10.8 Å². The second-order valence-corrected chi connectivity index (χ2v) is 4.98. The van der Waals surface area contributed by atoms with Gasteiger partial charge in [-0.3, -0.25) is 9.78 Å². The van der Waals surface area contributed by atoms with Crippen molar-refractivity contribution in [1.29, 1.82) is 0 Å². The first-order valence-electron chi connectivity index (χ1n) is 6.19. The van der Waals surface area contributed by atoms with E-state index in [-0.39, 0.29) is 5.91 Å².